The number of thiophene rings is 1. The minimum atomic E-state index is -0.815. The van der Waals surface area contributed by atoms with Crippen molar-refractivity contribution >= 4 is 27.4 Å². The number of aryl methyl sites for hydroxylation is 2. The predicted molar refractivity (Wildman–Crippen MR) is 139 cm³/mol. The summed E-state index contributed by atoms with van der Waals surface area (Å²) in [5.74, 6) is 0.0000581. The number of ether oxygens (including phenoxy) is 1. The third kappa shape index (κ3) is 6.25. The van der Waals surface area contributed by atoms with E-state index in [1.165, 1.54) is 26.8 Å². The number of aliphatic hydroxyl groups excluding tert-OH is 1. The average Bonchev–Trinajstić information content (AvgIpc) is 3.25. The Balaban J connectivity index is 1.34. The molecule has 4 aromatic rings. The molecule has 0 aliphatic carbocycles. The lowest BCUT2D eigenvalue weighted by Gasteiger charge is -2.11. The number of carboxylic acid groups (broad SMARTS) is 1. The van der Waals surface area contributed by atoms with Crippen LogP contribution in [0.2, 0.25) is 0 Å². The number of rotatable bonds is 11. The first-order valence-corrected chi connectivity index (χ1v) is 12.6. The largest absolute Gasteiger partial charge is 0.489 e. The molecule has 4 rings (SSSR count). The first kappa shape index (κ1) is 24.0. The van der Waals surface area contributed by atoms with Gasteiger partial charge >= 0.3 is 5.97 Å². The first-order valence-electron chi connectivity index (χ1n) is 11.7. The van der Waals surface area contributed by atoms with Gasteiger partial charge in [0.15, 0.2) is 0 Å². The van der Waals surface area contributed by atoms with Crippen molar-refractivity contribution in [3.8, 4) is 16.9 Å². The summed E-state index contributed by atoms with van der Waals surface area (Å²) in [6.45, 7) is 2.65. The monoisotopic (exact) mass is 474 g/mol. The van der Waals surface area contributed by atoms with Gasteiger partial charge in [0, 0.05) is 22.1 Å². The molecule has 5 heteroatoms. The maximum absolute atomic E-state index is 10.6. The van der Waals surface area contributed by atoms with Crippen LogP contribution in [0.15, 0.2) is 72.1 Å². The maximum Gasteiger partial charge on any atom is 0.303 e. The van der Waals surface area contributed by atoms with Crippen molar-refractivity contribution < 1.29 is 19.7 Å². The highest BCUT2D eigenvalue weighted by Crippen LogP contribution is 2.36. The molecule has 0 bridgehead atoms. The van der Waals surface area contributed by atoms with E-state index in [1.54, 1.807) is 11.3 Å². The molecule has 0 aliphatic rings. The van der Waals surface area contributed by atoms with Gasteiger partial charge in [0.1, 0.15) is 12.4 Å². The SMILES string of the molecule is Cc1ccccc1-c1csc2ccc(COc3ccc(CC[C@@H](O)CCCC(=O)O)cc3)cc12. The molecular formula is C29H30O4S. The van der Waals surface area contributed by atoms with Crippen LogP contribution in [-0.2, 0) is 17.8 Å². The highest BCUT2D eigenvalue weighted by atomic mass is 32.1. The molecule has 1 aromatic heterocycles. The Hall–Kier alpha value is -3.15. The maximum atomic E-state index is 10.6. The van der Waals surface area contributed by atoms with Crippen molar-refractivity contribution in [2.45, 2.75) is 51.7 Å². The summed E-state index contributed by atoms with van der Waals surface area (Å²) in [6.07, 6.45) is 2.05. The van der Waals surface area contributed by atoms with Crippen LogP contribution < -0.4 is 4.74 Å². The lowest BCUT2D eigenvalue weighted by Crippen LogP contribution is -2.09. The van der Waals surface area contributed by atoms with Crippen molar-refractivity contribution in [1.82, 2.24) is 0 Å². The molecule has 0 fully saturated rings. The molecule has 0 radical (unpaired) electrons. The van der Waals surface area contributed by atoms with Crippen LogP contribution in [-0.4, -0.2) is 22.3 Å². The lowest BCUT2D eigenvalue weighted by molar-refractivity contribution is -0.137. The molecule has 0 saturated carbocycles. The summed E-state index contributed by atoms with van der Waals surface area (Å²) in [5.41, 5.74) is 6.09. The standard InChI is InChI=1S/C29H30O4S/c1-20-5-2-3-7-25(20)27-19-34-28-16-12-22(17-26(27)28)18-33-24-14-10-21(11-15-24)9-13-23(30)6-4-8-29(31)32/h2-3,5,7,10-12,14-17,19,23,30H,4,6,8-9,13,18H2,1H3,(H,31,32)/t23-/m0/s1. The minimum Gasteiger partial charge on any atom is -0.489 e. The van der Waals surface area contributed by atoms with E-state index in [4.69, 9.17) is 9.84 Å². The Labute approximate surface area is 204 Å². The predicted octanol–water partition coefficient (Wildman–Crippen LogP) is 7.00. The zero-order chi connectivity index (χ0) is 23.9. The molecule has 0 spiro atoms. The average molecular weight is 475 g/mol. The van der Waals surface area contributed by atoms with Gasteiger partial charge in [-0.3, -0.25) is 4.79 Å². The van der Waals surface area contributed by atoms with Gasteiger partial charge < -0.3 is 14.9 Å². The van der Waals surface area contributed by atoms with Crippen molar-refractivity contribution in [3.63, 3.8) is 0 Å². The Morgan fingerprint density at radius 1 is 0.971 bits per heavy atom. The molecule has 34 heavy (non-hydrogen) atoms. The zero-order valence-electron chi connectivity index (χ0n) is 19.4. The smallest absolute Gasteiger partial charge is 0.303 e. The second kappa shape index (κ2) is 11.3. The van der Waals surface area contributed by atoms with Crippen LogP contribution in [0.1, 0.15) is 42.4 Å². The van der Waals surface area contributed by atoms with E-state index in [0.29, 0.717) is 25.9 Å². The lowest BCUT2D eigenvalue weighted by atomic mass is 9.99. The fraction of sp³-hybridized carbons (Fsp3) is 0.276. The zero-order valence-corrected chi connectivity index (χ0v) is 20.2. The van der Waals surface area contributed by atoms with Gasteiger partial charge in [-0.05, 0) is 84.5 Å². The molecule has 0 aliphatic heterocycles. The van der Waals surface area contributed by atoms with Crippen molar-refractivity contribution in [2.75, 3.05) is 0 Å². The molecule has 2 N–H and O–H groups in total. The number of benzene rings is 3. The summed E-state index contributed by atoms with van der Waals surface area (Å²) in [6, 6.07) is 23.0. The number of aliphatic carboxylic acids is 1. The minimum absolute atomic E-state index is 0.107. The van der Waals surface area contributed by atoms with Gasteiger partial charge in [-0.1, -0.05) is 42.5 Å². The fourth-order valence-corrected chi connectivity index (χ4v) is 5.08. The van der Waals surface area contributed by atoms with Crippen molar-refractivity contribution in [2.24, 2.45) is 0 Å². The van der Waals surface area contributed by atoms with Crippen LogP contribution in [0.5, 0.6) is 5.75 Å². The topological polar surface area (TPSA) is 66.8 Å². The molecule has 176 valence electrons. The van der Waals surface area contributed by atoms with E-state index in [-0.39, 0.29) is 6.42 Å². The van der Waals surface area contributed by atoms with Gasteiger partial charge in [0.2, 0.25) is 0 Å². The van der Waals surface area contributed by atoms with Gasteiger partial charge in [-0.2, -0.15) is 0 Å². The number of fused-ring (bicyclic) bond motifs is 1. The third-order valence-electron chi connectivity index (χ3n) is 6.10. The molecule has 0 unspecified atom stereocenters. The number of carbonyl (C=O) groups is 1. The molecule has 0 saturated heterocycles. The number of aliphatic hydroxyl groups is 1. The second-order valence-corrected chi connectivity index (χ2v) is 9.62. The van der Waals surface area contributed by atoms with Gasteiger partial charge in [0.25, 0.3) is 0 Å². The van der Waals surface area contributed by atoms with Crippen LogP contribution in [0.4, 0.5) is 0 Å². The van der Waals surface area contributed by atoms with E-state index in [1.807, 2.05) is 24.3 Å². The first-order chi connectivity index (χ1) is 16.5. The summed E-state index contributed by atoms with van der Waals surface area (Å²) in [5, 5.41) is 22.2. The van der Waals surface area contributed by atoms with E-state index in [9.17, 15) is 9.90 Å². The molecule has 3 aromatic carbocycles. The fourth-order valence-electron chi connectivity index (χ4n) is 4.14. The molecule has 1 atom stereocenters. The molecule has 0 amide bonds. The number of hydrogen-bond donors (Lipinski definition) is 2. The molecular weight excluding hydrogens is 444 g/mol. The van der Waals surface area contributed by atoms with Gasteiger partial charge in [0.05, 0.1) is 6.10 Å². The summed E-state index contributed by atoms with van der Waals surface area (Å²) in [4.78, 5) is 10.6. The van der Waals surface area contributed by atoms with E-state index >= 15 is 0 Å². The quantitative estimate of drug-likeness (QED) is 0.245. The highest BCUT2D eigenvalue weighted by molar-refractivity contribution is 7.17. The third-order valence-corrected chi connectivity index (χ3v) is 7.06. The Bertz CT molecular complexity index is 1240. The van der Waals surface area contributed by atoms with Crippen molar-refractivity contribution in [3.05, 3.63) is 88.8 Å². The van der Waals surface area contributed by atoms with Gasteiger partial charge in [-0.25, -0.2) is 0 Å². The molecule has 1 heterocycles. The summed E-state index contributed by atoms with van der Waals surface area (Å²) in [7, 11) is 0. The number of hydrogen-bond acceptors (Lipinski definition) is 4. The van der Waals surface area contributed by atoms with Crippen LogP contribution >= 0.6 is 11.3 Å². The summed E-state index contributed by atoms with van der Waals surface area (Å²) >= 11 is 1.77. The summed E-state index contributed by atoms with van der Waals surface area (Å²) < 4.78 is 7.32. The second-order valence-electron chi connectivity index (χ2n) is 8.71. The normalized spacial score (nSPS) is 12.1. The Morgan fingerprint density at radius 3 is 2.50 bits per heavy atom. The van der Waals surface area contributed by atoms with Crippen LogP contribution in [0.25, 0.3) is 21.2 Å². The molecule has 4 nitrogen and oxygen atoms in total. The van der Waals surface area contributed by atoms with E-state index in [0.717, 1.165) is 23.3 Å². The Morgan fingerprint density at radius 2 is 1.74 bits per heavy atom. The highest BCUT2D eigenvalue weighted by Gasteiger charge is 2.10. The van der Waals surface area contributed by atoms with E-state index < -0.39 is 12.1 Å². The van der Waals surface area contributed by atoms with Crippen LogP contribution in [0.3, 0.4) is 0 Å². The van der Waals surface area contributed by atoms with Crippen molar-refractivity contribution in [1.29, 1.82) is 0 Å². The van der Waals surface area contributed by atoms with Crippen LogP contribution in [0, 0.1) is 6.92 Å². The number of carboxylic acids is 1. The van der Waals surface area contributed by atoms with E-state index in [2.05, 4.69) is 54.8 Å². The van der Waals surface area contributed by atoms with Gasteiger partial charge in [-0.15, -0.1) is 11.3 Å². The Kier molecular flexibility index (Phi) is 7.99.